The van der Waals surface area contributed by atoms with E-state index in [9.17, 15) is 14.0 Å². The predicted molar refractivity (Wildman–Crippen MR) is 104 cm³/mol. The maximum absolute atomic E-state index is 13.3. The number of nitrogens with one attached hydrogen (secondary N) is 1. The molecular formula is C19H19FN6O4. The van der Waals surface area contributed by atoms with Gasteiger partial charge in [-0.15, -0.1) is 5.10 Å². The van der Waals surface area contributed by atoms with Gasteiger partial charge < -0.3 is 20.9 Å². The van der Waals surface area contributed by atoms with Crippen molar-refractivity contribution in [2.75, 3.05) is 11.1 Å². The van der Waals surface area contributed by atoms with Crippen LogP contribution in [0.4, 0.5) is 15.9 Å². The van der Waals surface area contributed by atoms with E-state index >= 15 is 0 Å². The second-order valence-electron chi connectivity index (χ2n) is 7.06. The summed E-state index contributed by atoms with van der Waals surface area (Å²) in [6.45, 7) is 0. The molecule has 1 amide bonds. The Bertz CT molecular complexity index is 1110. The SMILES string of the molecule is Nc1nn2cc(F)cnc2c1C(=O)Nc1cnccc1OC1CCC(C(=O)O)CC1. The van der Waals surface area contributed by atoms with Crippen molar-refractivity contribution >= 4 is 29.0 Å². The third-order valence-corrected chi connectivity index (χ3v) is 5.04. The summed E-state index contributed by atoms with van der Waals surface area (Å²) in [5.41, 5.74) is 6.28. The summed E-state index contributed by atoms with van der Waals surface area (Å²) in [4.78, 5) is 31.8. The molecule has 0 atom stereocenters. The normalized spacial score (nSPS) is 18.8. The number of carbonyl (C=O) groups excluding carboxylic acids is 1. The van der Waals surface area contributed by atoms with Gasteiger partial charge in [0.15, 0.2) is 17.3 Å². The highest BCUT2D eigenvalue weighted by atomic mass is 19.1. The highest BCUT2D eigenvalue weighted by Gasteiger charge is 2.28. The summed E-state index contributed by atoms with van der Waals surface area (Å²) in [5.74, 6) is -2.02. The number of anilines is 2. The van der Waals surface area contributed by atoms with Crippen LogP contribution in [0.15, 0.2) is 30.9 Å². The molecule has 10 nitrogen and oxygen atoms in total. The molecule has 0 aromatic carbocycles. The molecule has 11 heteroatoms. The average molecular weight is 414 g/mol. The van der Waals surface area contributed by atoms with Gasteiger partial charge in [0, 0.05) is 12.3 Å². The van der Waals surface area contributed by atoms with Gasteiger partial charge in [0.1, 0.15) is 17.0 Å². The van der Waals surface area contributed by atoms with Gasteiger partial charge in [-0.2, -0.15) is 0 Å². The number of aromatic nitrogens is 4. The number of nitrogens with zero attached hydrogens (tertiary/aromatic N) is 4. The van der Waals surface area contributed by atoms with Crippen molar-refractivity contribution < 1.29 is 23.8 Å². The number of fused-ring (bicyclic) bond motifs is 1. The average Bonchev–Trinajstić information content (AvgIpc) is 3.04. The van der Waals surface area contributed by atoms with Crippen molar-refractivity contribution in [3.05, 3.63) is 42.2 Å². The summed E-state index contributed by atoms with van der Waals surface area (Å²) in [7, 11) is 0. The Hall–Kier alpha value is -3.76. The van der Waals surface area contributed by atoms with Gasteiger partial charge in [-0.25, -0.2) is 13.9 Å². The fourth-order valence-corrected chi connectivity index (χ4v) is 3.52. The second kappa shape index (κ2) is 7.93. The van der Waals surface area contributed by atoms with E-state index in [4.69, 9.17) is 15.6 Å². The molecule has 0 spiro atoms. The van der Waals surface area contributed by atoms with Crippen molar-refractivity contribution in [3.8, 4) is 5.75 Å². The first kappa shape index (κ1) is 19.6. The number of amides is 1. The van der Waals surface area contributed by atoms with Crippen molar-refractivity contribution in [2.45, 2.75) is 31.8 Å². The van der Waals surface area contributed by atoms with Gasteiger partial charge in [0.05, 0.1) is 30.6 Å². The van der Waals surface area contributed by atoms with Gasteiger partial charge in [0.2, 0.25) is 0 Å². The molecular weight excluding hydrogens is 395 g/mol. The predicted octanol–water partition coefficient (Wildman–Crippen LogP) is 2.12. The molecule has 0 unspecified atom stereocenters. The van der Waals surface area contributed by atoms with Crippen LogP contribution in [-0.4, -0.2) is 42.7 Å². The lowest BCUT2D eigenvalue weighted by molar-refractivity contribution is -0.143. The maximum atomic E-state index is 13.3. The van der Waals surface area contributed by atoms with Crippen LogP contribution in [0.5, 0.6) is 5.75 Å². The standard InChI is InChI=1S/C19H19FN6O4/c20-11-7-23-17-15(16(21)25-26(17)9-11)18(27)24-13-8-22-6-5-14(13)30-12-3-1-10(2-4-12)19(28)29/h5-10,12H,1-4H2,(H2,21,25)(H,24,27)(H,28,29). The minimum absolute atomic E-state index is 0.00627. The molecule has 0 saturated heterocycles. The lowest BCUT2D eigenvalue weighted by Gasteiger charge is -2.27. The molecule has 4 rings (SSSR count). The summed E-state index contributed by atoms with van der Waals surface area (Å²) in [6.07, 6.45) is 7.12. The third-order valence-electron chi connectivity index (χ3n) is 5.04. The van der Waals surface area contributed by atoms with Crippen LogP contribution in [-0.2, 0) is 4.79 Å². The van der Waals surface area contributed by atoms with Gasteiger partial charge in [-0.3, -0.25) is 14.6 Å². The minimum Gasteiger partial charge on any atom is -0.488 e. The molecule has 156 valence electrons. The van der Waals surface area contributed by atoms with Crippen LogP contribution in [0.3, 0.4) is 0 Å². The van der Waals surface area contributed by atoms with Crippen molar-refractivity contribution in [1.29, 1.82) is 0 Å². The second-order valence-corrected chi connectivity index (χ2v) is 7.06. The van der Waals surface area contributed by atoms with Crippen LogP contribution in [0.2, 0.25) is 0 Å². The number of ether oxygens (including phenoxy) is 1. The van der Waals surface area contributed by atoms with Crippen LogP contribution in [0.1, 0.15) is 36.0 Å². The Labute approximate surface area is 169 Å². The fraction of sp³-hybridized carbons (Fsp3) is 0.316. The molecule has 3 aromatic heterocycles. The Morgan fingerprint density at radius 1 is 1.27 bits per heavy atom. The highest BCUT2D eigenvalue weighted by molar-refractivity contribution is 6.11. The van der Waals surface area contributed by atoms with Crippen molar-refractivity contribution in [3.63, 3.8) is 0 Å². The number of hydrogen-bond donors (Lipinski definition) is 3. The zero-order valence-corrected chi connectivity index (χ0v) is 15.8. The van der Waals surface area contributed by atoms with E-state index in [2.05, 4.69) is 20.4 Å². The maximum Gasteiger partial charge on any atom is 0.306 e. The number of rotatable bonds is 5. The van der Waals surface area contributed by atoms with Gasteiger partial charge in [-0.05, 0) is 25.7 Å². The Morgan fingerprint density at radius 3 is 2.77 bits per heavy atom. The molecule has 3 heterocycles. The molecule has 3 aromatic rings. The monoisotopic (exact) mass is 414 g/mol. The number of halogens is 1. The molecule has 1 aliphatic rings. The number of aliphatic carboxylic acids is 1. The lowest BCUT2D eigenvalue weighted by atomic mass is 9.87. The summed E-state index contributed by atoms with van der Waals surface area (Å²) >= 11 is 0. The quantitative estimate of drug-likeness (QED) is 0.576. The third kappa shape index (κ3) is 3.86. The first-order valence-corrected chi connectivity index (χ1v) is 9.36. The number of nitrogens with two attached hydrogens (primary N) is 1. The Kier molecular flexibility index (Phi) is 5.17. The molecule has 1 aliphatic carbocycles. The van der Waals surface area contributed by atoms with Crippen LogP contribution >= 0.6 is 0 Å². The van der Waals surface area contributed by atoms with Crippen molar-refractivity contribution in [2.24, 2.45) is 5.92 Å². The number of pyridine rings is 1. The first-order valence-electron chi connectivity index (χ1n) is 9.36. The zero-order valence-electron chi connectivity index (χ0n) is 15.8. The van der Waals surface area contributed by atoms with E-state index in [-0.39, 0.29) is 29.1 Å². The summed E-state index contributed by atoms with van der Waals surface area (Å²) < 4.78 is 20.4. The van der Waals surface area contributed by atoms with Crippen LogP contribution < -0.4 is 15.8 Å². The van der Waals surface area contributed by atoms with Crippen LogP contribution in [0.25, 0.3) is 5.65 Å². The minimum atomic E-state index is -0.787. The largest absolute Gasteiger partial charge is 0.488 e. The van der Waals surface area contributed by atoms with Gasteiger partial charge in [0.25, 0.3) is 5.91 Å². The summed E-state index contributed by atoms with van der Waals surface area (Å²) in [5, 5.41) is 15.7. The van der Waals surface area contributed by atoms with Crippen LogP contribution in [0, 0.1) is 11.7 Å². The smallest absolute Gasteiger partial charge is 0.306 e. The van der Waals surface area contributed by atoms with Gasteiger partial charge in [-0.1, -0.05) is 0 Å². The molecule has 1 saturated carbocycles. The van der Waals surface area contributed by atoms with E-state index in [0.717, 1.165) is 16.9 Å². The summed E-state index contributed by atoms with van der Waals surface area (Å²) in [6, 6.07) is 1.62. The van der Waals surface area contributed by atoms with E-state index in [0.29, 0.717) is 37.1 Å². The zero-order chi connectivity index (χ0) is 21.3. The highest BCUT2D eigenvalue weighted by Crippen LogP contribution is 2.31. The number of carboxylic acid groups (broad SMARTS) is 1. The Morgan fingerprint density at radius 2 is 2.03 bits per heavy atom. The van der Waals surface area contributed by atoms with E-state index in [1.165, 1.54) is 12.4 Å². The fourth-order valence-electron chi connectivity index (χ4n) is 3.52. The molecule has 1 fully saturated rings. The number of nitrogen functional groups attached to an aromatic ring is 1. The topological polar surface area (TPSA) is 145 Å². The molecule has 0 bridgehead atoms. The van der Waals surface area contributed by atoms with E-state index in [1.807, 2.05) is 0 Å². The van der Waals surface area contributed by atoms with E-state index < -0.39 is 17.7 Å². The lowest BCUT2D eigenvalue weighted by Crippen LogP contribution is -2.28. The Balaban J connectivity index is 1.52. The number of carbonyl (C=O) groups is 2. The molecule has 0 radical (unpaired) electrons. The van der Waals surface area contributed by atoms with Gasteiger partial charge >= 0.3 is 5.97 Å². The van der Waals surface area contributed by atoms with Crippen molar-refractivity contribution in [1.82, 2.24) is 19.6 Å². The molecule has 30 heavy (non-hydrogen) atoms. The molecule has 0 aliphatic heterocycles. The van der Waals surface area contributed by atoms with E-state index in [1.54, 1.807) is 6.07 Å². The number of carboxylic acids is 1. The number of hydrogen-bond acceptors (Lipinski definition) is 7. The molecule has 4 N–H and O–H groups in total. The first-order chi connectivity index (χ1) is 14.4.